The maximum Gasteiger partial charge on any atom is 0.325 e. The van der Waals surface area contributed by atoms with E-state index in [1.165, 1.54) is 11.8 Å². The van der Waals surface area contributed by atoms with E-state index in [4.69, 9.17) is 0 Å². The van der Waals surface area contributed by atoms with Gasteiger partial charge < -0.3 is 9.80 Å². The average Bonchev–Trinajstić information content (AvgIpc) is 2.53. The number of halogens is 1. The number of ketones is 1. The molecule has 0 aromatic heterocycles. The van der Waals surface area contributed by atoms with E-state index in [1.807, 2.05) is 0 Å². The van der Waals surface area contributed by atoms with Gasteiger partial charge in [-0.25, -0.2) is 9.79 Å². The number of likely N-dealkylation sites (N-methyl/N-ethyl adjacent to an activating group) is 1. The van der Waals surface area contributed by atoms with Crippen molar-refractivity contribution in [3.63, 3.8) is 0 Å². The van der Waals surface area contributed by atoms with E-state index >= 15 is 0 Å². The summed E-state index contributed by atoms with van der Waals surface area (Å²) in [5.41, 5.74) is 0. The fraction of sp³-hybridized carbons (Fsp3) is 0.556. The minimum absolute atomic E-state index is 0.0786. The largest absolute Gasteiger partial charge is 0.328 e. The van der Waals surface area contributed by atoms with Crippen LogP contribution in [-0.4, -0.2) is 58.1 Å². The molecule has 0 bridgehead atoms. The van der Waals surface area contributed by atoms with Gasteiger partial charge in [0.1, 0.15) is 5.78 Å². The number of rotatable bonds is 2. The third kappa shape index (κ3) is 1.92. The van der Waals surface area contributed by atoms with Gasteiger partial charge in [0.25, 0.3) is 5.91 Å². The Morgan fingerprint density at radius 2 is 2.18 bits per heavy atom. The van der Waals surface area contributed by atoms with Crippen LogP contribution >= 0.6 is 15.9 Å². The zero-order chi connectivity index (χ0) is 12.7. The van der Waals surface area contributed by atoms with Crippen molar-refractivity contribution in [3.05, 3.63) is 0 Å². The number of amidine groups is 1. The highest BCUT2D eigenvalue weighted by molar-refractivity contribution is 9.18. The topological polar surface area (TPSA) is 82.1 Å². The third-order valence-corrected chi connectivity index (χ3v) is 3.36. The van der Waals surface area contributed by atoms with Gasteiger partial charge in [-0.15, -0.1) is 0 Å². The van der Waals surface area contributed by atoms with Crippen LogP contribution < -0.4 is 5.32 Å². The Labute approximate surface area is 106 Å². The van der Waals surface area contributed by atoms with Crippen LogP contribution in [0.2, 0.25) is 0 Å². The number of hydrogen-bond acceptors (Lipinski definition) is 5. The van der Waals surface area contributed by atoms with Crippen LogP contribution in [0, 0.1) is 0 Å². The van der Waals surface area contributed by atoms with E-state index in [-0.39, 0.29) is 12.3 Å². The van der Waals surface area contributed by atoms with E-state index in [1.54, 1.807) is 11.9 Å². The summed E-state index contributed by atoms with van der Waals surface area (Å²) in [5.74, 6) is -0.511. The van der Waals surface area contributed by atoms with Gasteiger partial charge in [-0.05, 0) is 22.9 Å². The molecule has 1 saturated heterocycles. The van der Waals surface area contributed by atoms with Crippen LogP contribution in [0.5, 0.6) is 0 Å². The maximum atomic E-state index is 11.8. The number of carbonyl (C=O) groups is 3. The van der Waals surface area contributed by atoms with Gasteiger partial charge >= 0.3 is 6.03 Å². The highest BCUT2D eigenvalue weighted by Crippen LogP contribution is 2.25. The van der Waals surface area contributed by atoms with Gasteiger partial charge in [0.05, 0.1) is 6.54 Å². The first-order valence-corrected chi connectivity index (χ1v) is 5.78. The molecule has 0 saturated carbocycles. The van der Waals surface area contributed by atoms with Crippen molar-refractivity contribution in [1.82, 2.24) is 15.1 Å². The smallest absolute Gasteiger partial charge is 0.325 e. The second kappa shape index (κ2) is 4.10. The number of Topliss-reactive ketones (excluding diaryl/α,β-unsaturated/α-hetero) is 1. The van der Waals surface area contributed by atoms with Crippen LogP contribution in [0.4, 0.5) is 4.79 Å². The van der Waals surface area contributed by atoms with E-state index in [0.29, 0.717) is 4.74 Å². The maximum absolute atomic E-state index is 11.8. The first-order chi connectivity index (χ1) is 7.91. The van der Waals surface area contributed by atoms with Gasteiger partial charge in [-0.2, -0.15) is 0 Å². The Kier molecular flexibility index (Phi) is 2.90. The lowest BCUT2D eigenvalue weighted by molar-refractivity contribution is -0.127. The lowest BCUT2D eigenvalue weighted by atomic mass is 10.1. The van der Waals surface area contributed by atoms with Gasteiger partial charge in [0, 0.05) is 7.05 Å². The van der Waals surface area contributed by atoms with E-state index in [0.717, 1.165) is 0 Å². The number of carbonyl (C=O) groups excluding carboxylic acids is 3. The summed E-state index contributed by atoms with van der Waals surface area (Å²) in [7, 11) is 1.56. The molecule has 92 valence electrons. The van der Waals surface area contributed by atoms with Crippen LogP contribution in [0.15, 0.2) is 4.99 Å². The summed E-state index contributed by atoms with van der Waals surface area (Å²) in [5, 5.41) is 2.23. The van der Waals surface area contributed by atoms with Crippen molar-refractivity contribution in [2.75, 3.05) is 13.6 Å². The molecule has 1 fully saturated rings. The van der Waals surface area contributed by atoms with Crippen molar-refractivity contribution in [1.29, 1.82) is 0 Å². The molecule has 7 nitrogen and oxygen atoms in total. The molecule has 0 radical (unpaired) electrons. The summed E-state index contributed by atoms with van der Waals surface area (Å²) in [6.45, 7) is 1.52. The molecule has 2 atom stereocenters. The quantitative estimate of drug-likeness (QED) is 0.699. The molecule has 2 aliphatic heterocycles. The minimum Gasteiger partial charge on any atom is -0.328 e. The van der Waals surface area contributed by atoms with Crippen molar-refractivity contribution in [2.24, 2.45) is 4.99 Å². The van der Waals surface area contributed by atoms with Crippen LogP contribution in [-0.2, 0) is 9.59 Å². The van der Waals surface area contributed by atoms with Crippen LogP contribution in [0.25, 0.3) is 0 Å². The second-order valence-electron chi connectivity index (χ2n) is 3.99. The van der Waals surface area contributed by atoms with E-state index in [9.17, 15) is 14.4 Å². The Bertz CT molecular complexity index is 436. The molecule has 2 rings (SSSR count). The summed E-state index contributed by atoms with van der Waals surface area (Å²) in [6.07, 6.45) is -0.579. The number of nitrogens with one attached hydrogen (secondary N) is 1. The molecule has 0 aromatic carbocycles. The summed E-state index contributed by atoms with van der Waals surface area (Å²) < 4.78 is 0.416. The lowest BCUT2D eigenvalue weighted by Crippen LogP contribution is -2.63. The Morgan fingerprint density at radius 3 is 2.76 bits per heavy atom. The Morgan fingerprint density at radius 1 is 1.53 bits per heavy atom. The molecule has 3 amide bonds. The lowest BCUT2D eigenvalue weighted by Gasteiger charge is -2.35. The fourth-order valence-electron chi connectivity index (χ4n) is 1.90. The van der Waals surface area contributed by atoms with Gasteiger partial charge in [-0.1, -0.05) is 0 Å². The number of urea groups is 1. The van der Waals surface area contributed by atoms with Gasteiger partial charge in [0.2, 0.25) is 0 Å². The number of fused-ring (bicyclic) bond motifs is 1. The predicted octanol–water partition coefficient (Wildman–Crippen LogP) is -0.482. The highest BCUT2D eigenvalue weighted by Gasteiger charge is 2.48. The number of aliphatic imine (C=N–C) groups is 1. The Hall–Kier alpha value is -1.44. The molecule has 0 aromatic rings. The van der Waals surface area contributed by atoms with E-state index in [2.05, 4.69) is 26.2 Å². The van der Waals surface area contributed by atoms with Crippen molar-refractivity contribution < 1.29 is 14.4 Å². The van der Waals surface area contributed by atoms with Crippen molar-refractivity contribution in [2.45, 2.75) is 19.1 Å². The van der Waals surface area contributed by atoms with E-state index < -0.39 is 24.1 Å². The third-order valence-electron chi connectivity index (χ3n) is 2.70. The Balaban J connectivity index is 2.29. The predicted molar refractivity (Wildman–Crippen MR) is 62.6 cm³/mol. The van der Waals surface area contributed by atoms with Gasteiger partial charge in [0.15, 0.2) is 17.0 Å². The second-order valence-corrected chi connectivity index (χ2v) is 4.70. The molecule has 8 heteroatoms. The SMILES string of the molecule is CC(=O)CN1C(Br)=NC2C1C(=O)NC(=O)N2C. The first kappa shape index (κ1) is 12.0. The van der Waals surface area contributed by atoms with Crippen LogP contribution in [0.1, 0.15) is 6.92 Å². The monoisotopic (exact) mass is 302 g/mol. The van der Waals surface area contributed by atoms with Crippen molar-refractivity contribution in [3.8, 4) is 0 Å². The number of hydrogen-bond donors (Lipinski definition) is 1. The highest BCUT2D eigenvalue weighted by atomic mass is 79.9. The number of imide groups is 1. The molecular formula is C9H11BrN4O3. The normalized spacial score (nSPS) is 27.8. The number of amides is 3. The number of nitrogens with zero attached hydrogens (tertiary/aromatic N) is 3. The molecular weight excluding hydrogens is 292 g/mol. The molecule has 2 aliphatic rings. The molecule has 17 heavy (non-hydrogen) atoms. The molecule has 0 aliphatic carbocycles. The fourth-order valence-corrected chi connectivity index (χ4v) is 2.45. The zero-order valence-corrected chi connectivity index (χ0v) is 10.9. The summed E-state index contributed by atoms with van der Waals surface area (Å²) in [4.78, 5) is 41.4. The van der Waals surface area contributed by atoms with Crippen LogP contribution in [0.3, 0.4) is 0 Å². The molecule has 1 N–H and O–H groups in total. The van der Waals surface area contributed by atoms with Crippen molar-refractivity contribution >= 4 is 38.4 Å². The summed E-state index contributed by atoms with van der Waals surface area (Å²) >= 11 is 3.20. The average molecular weight is 303 g/mol. The molecule has 2 unspecified atom stereocenters. The molecule has 0 spiro atoms. The summed E-state index contributed by atoms with van der Waals surface area (Å²) in [6, 6.07) is -1.12. The van der Waals surface area contributed by atoms with Gasteiger partial charge in [-0.3, -0.25) is 14.9 Å². The zero-order valence-electron chi connectivity index (χ0n) is 9.31. The first-order valence-electron chi connectivity index (χ1n) is 4.99. The standard InChI is InChI=1S/C9H11BrN4O3/c1-4(15)3-14-5-6(11-8(14)10)13(2)9(17)12-7(5)16/h5-6H,3H2,1-2H3,(H,12,16,17). The molecule has 2 heterocycles. The minimum atomic E-state index is -0.643.